The van der Waals surface area contributed by atoms with Crippen molar-refractivity contribution in [2.45, 2.75) is 6.42 Å². The summed E-state index contributed by atoms with van der Waals surface area (Å²) in [6.45, 7) is 0.953. The molecular formula is C13H15FN2O4. The number of halogens is 1. The van der Waals surface area contributed by atoms with Crippen LogP contribution in [0.15, 0.2) is 18.2 Å². The smallest absolute Gasteiger partial charge is 0.335 e. The molecule has 7 heteroatoms. The van der Waals surface area contributed by atoms with Gasteiger partial charge in [-0.2, -0.15) is 0 Å². The molecule has 2 rings (SSSR count). The number of hydrogen-bond acceptors (Lipinski definition) is 3. The fourth-order valence-electron chi connectivity index (χ4n) is 2.11. The molecule has 3 N–H and O–H groups in total. The SMILES string of the molecule is O=C(O)c1ccc(NC(=O)N2CCC(CO)C2)c(F)c1. The number of urea groups is 1. The number of nitrogens with one attached hydrogen (secondary N) is 1. The topological polar surface area (TPSA) is 89.9 Å². The monoisotopic (exact) mass is 282 g/mol. The third-order valence-electron chi connectivity index (χ3n) is 3.29. The fourth-order valence-corrected chi connectivity index (χ4v) is 2.11. The number of carboxylic acids is 1. The summed E-state index contributed by atoms with van der Waals surface area (Å²) in [4.78, 5) is 24.1. The largest absolute Gasteiger partial charge is 0.478 e. The number of carbonyl (C=O) groups excluding carboxylic acids is 1. The molecule has 0 aromatic heterocycles. The quantitative estimate of drug-likeness (QED) is 0.781. The van der Waals surface area contributed by atoms with Crippen LogP contribution in [-0.2, 0) is 0 Å². The molecule has 1 aromatic carbocycles. The van der Waals surface area contributed by atoms with Crippen molar-refractivity contribution in [3.63, 3.8) is 0 Å². The van der Waals surface area contributed by atoms with Gasteiger partial charge in [-0.3, -0.25) is 0 Å². The van der Waals surface area contributed by atoms with Gasteiger partial charge < -0.3 is 20.4 Å². The molecule has 0 bridgehead atoms. The molecular weight excluding hydrogens is 267 g/mol. The van der Waals surface area contributed by atoms with Crippen LogP contribution in [0, 0.1) is 11.7 Å². The highest BCUT2D eigenvalue weighted by atomic mass is 19.1. The first-order valence-electron chi connectivity index (χ1n) is 6.21. The first kappa shape index (κ1) is 14.3. The van der Waals surface area contributed by atoms with Crippen LogP contribution < -0.4 is 5.32 Å². The maximum Gasteiger partial charge on any atom is 0.335 e. The number of anilines is 1. The van der Waals surface area contributed by atoms with Crippen LogP contribution in [0.4, 0.5) is 14.9 Å². The molecule has 1 aromatic rings. The van der Waals surface area contributed by atoms with Gasteiger partial charge in [0.25, 0.3) is 0 Å². The van der Waals surface area contributed by atoms with Crippen molar-refractivity contribution >= 4 is 17.7 Å². The summed E-state index contributed by atoms with van der Waals surface area (Å²) in [6.07, 6.45) is 0.713. The summed E-state index contributed by atoms with van der Waals surface area (Å²) in [6, 6.07) is 2.85. The van der Waals surface area contributed by atoms with E-state index in [9.17, 15) is 14.0 Å². The van der Waals surface area contributed by atoms with Crippen molar-refractivity contribution in [3.8, 4) is 0 Å². The maximum atomic E-state index is 13.7. The summed E-state index contributed by atoms with van der Waals surface area (Å²) >= 11 is 0. The number of aliphatic hydroxyl groups excluding tert-OH is 1. The number of likely N-dealkylation sites (tertiary alicyclic amines) is 1. The van der Waals surface area contributed by atoms with Gasteiger partial charge in [0, 0.05) is 25.6 Å². The van der Waals surface area contributed by atoms with Crippen molar-refractivity contribution in [3.05, 3.63) is 29.6 Å². The van der Waals surface area contributed by atoms with Crippen LogP contribution in [0.3, 0.4) is 0 Å². The Kier molecular flexibility index (Phi) is 4.19. The first-order valence-corrected chi connectivity index (χ1v) is 6.21. The first-order chi connectivity index (χ1) is 9.51. The lowest BCUT2D eigenvalue weighted by Crippen LogP contribution is -2.33. The minimum absolute atomic E-state index is 0.0193. The second-order valence-electron chi connectivity index (χ2n) is 4.71. The van der Waals surface area contributed by atoms with Gasteiger partial charge in [0.2, 0.25) is 0 Å². The van der Waals surface area contributed by atoms with Gasteiger partial charge in [-0.15, -0.1) is 0 Å². The number of benzene rings is 1. The Bertz CT molecular complexity index is 535. The van der Waals surface area contributed by atoms with Crippen LogP contribution in [-0.4, -0.2) is 46.8 Å². The second kappa shape index (κ2) is 5.87. The average molecular weight is 282 g/mol. The third-order valence-corrected chi connectivity index (χ3v) is 3.29. The number of carboxylic acid groups (broad SMARTS) is 1. The van der Waals surface area contributed by atoms with Crippen molar-refractivity contribution in [2.75, 3.05) is 25.0 Å². The Labute approximate surface area is 114 Å². The van der Waals surface area contributed by atoms with E-state index in [4.69, 9.17) is 10.2 Å². The maximum absolute atomic E-state index is 13.7. The van der Waals surface area contributed by atoms with Crippen molar-refractivity contribution < 1.29 is 24.2 Å². The van der Waals surface area contributed by atoms with Crippen molar-refractivity contribution in [1.29, 1.82) is 0 Å². The van der Waals surface area contributed by atoms with Crippen molar-refractivity contribution in [1.82, 2.24) is 4.90 Å². The molecule has 0 spiro atoms. The number of carbonyl (C=O) groups is 2. The molecule has 108 valence electrons. The number of rotatable bonds is 3. The molecule has 0 radical (unpaired) electrons. The molecule has 1 atom stereocenters. The molecule has 2 amide bonds. The lowest BCUT2D eigenvalue weighted by Gasteiger charge is -2.17. The zero-order valence-corrected chi connectivity index (χ0v) is 10.7. The van der Waals surface area contributed by atoms with E-state index in [1.54, 1.807) is 0 Å². The molecule has 0 saturated carbocycles. The van der Waals surface area contributed by atoms with Gasteiger partial charge in [-0.25, -0.2) is 14.0 Å². The molecule has 1 fully saturated rings. The summed E-state index contributed by atoms with van der Waals surface area (Å²) in [5.41, 5.74) is -0.241. The molecule has 6 nitrogen and oxygen atoms in total. The van der Waals surface area contributed by atoms with Gasteiger partial charge >= 0.3 is 12.0 Å². The lowest BCUT2D eigenvalue weighted by molar-refractivity contribution is 0.0696. The van der Waals surface area contributed by atoms with Gasteiger partial charge in [-0.05, 0) is 24.6 Å². The summed E-state index contributed by atoms with van der Waals surface area (Å²) < 4.78 is 13.7. The second-order valence-corrected chi connectivity index (χ2v) is 4.71. The third kappa shape index (κ3) is 3.05. The van der Waals surface area contributed by atoms with Gasteiger partial charge in [0.15, 0.2) is 0 Å². The van der Waals surface area contributed by atoms with Crippen LogP contribution in [0.2, 0.25) is 0 Å². The lowest BCUT2D eigenvalue weighted by atomic mass is 10.1. The number of hydrogen-bond donors (Lipinski definition) is 3. The zero-order valence-electron chi connectivity index (χ0n) is 10.7. The molecule has 1 saturated heterocycles. The minimum atomic E-state index is -1.23. The highest BCUT2D eigenvalue weighted by Crippen LogP contribution is 2.19. The van der Waals surface area contributed by atoms with Crippen LogP contribution in [0.25, 0.3) is 0 Å². The summed E-state index contributed by atoms with van der Waals surface area (Å²) in [5, 5.41) is 20.1. The summed E-state index contributed by atoms with van der Waals surface area (Å²) in [5.74, 6) is -1.97. The highest BCUT2D eigenvalue weighted by Gasteiger charge is 2.26. The van der Waals surface area contributed by atoms with E-state index in [1.807, 2.05) is 0 Å². The minimum Gasteiger partial charge on any atom is -0.478 e. The zero-order chi connectivity index (χ0) is 14.7. The van der Waals surface area contributed by atoms with Gasteiger partial charge in [0.1, 0.15) is 5.82 Å². The molecule has 1 unspecified atom stereocenters. The highest BCUT2D eigenvalue weighted by molar-refractivity contribution is 5.91. The van der Waals surface area contributed by atoms with E-state index in [-0.39, 0.29) is 23.8 Å². The molecule has 1 aliphatic rings. The predicted octanol–water partition coefficient (Wildman–Crippen LogP) is 1.37. The molecule has 1 heterocycles. The number of amides is 2. The molecule has 20 heavy (non-hydrogen) atoms. The van der Waals surface area contributed by atoms with E-state index in [1.165, 1.54) is 17.0 Å². The Morgan fingerprint density at radius 1 is 1.45 bits per heavy atom. The fraction of sp³-hybridized carbons (Fsp3) is 0.385. The summed E-state index contributed by atoms with van der Waals surface area (Å²) in [7, 11) is 0. The van der Waals surface area contributed by atoms with Crippen LogP contribution in [0.5, 0.6) is 0 Å². The van der Waals surface area contributed by atoms with Crippen LogP contribution >= 0.6 is 0 Å². The predicted molar refractivity (Wildman–Crippen MR) is 69.1 cm³/mol. The van der Waals surface area contributed by atoms with E-state index in [0.717, 1.165) is 6.07 Å². The standard InChI is InChI=1S/C13H15FN2O4/c14-10-5-9(12(18)19)1-2-11(10)15-13(20)16-4-3-8(6-16)7-17/h1-2,5,8,17H,3-4,6-7H2,(H,15,20)(H,18,19). The Hall–Kier alpha value is -2.15. The number of aromatic carboxylic acids is 1. The van der Waals surface area contributed by atoms with Gasteiger partial charge in [-0.1, -0.05) is 0 Å². The molecule has 1 aliphatic heterocycles. The normalized spacial score (nSPS) is 18.1. The Morgan fingerprint density at radius 2 is 2.20 bits per heavy atom. The average Bonchev–Trinajstić information content (AvgIpc) is 2.89. The molecule has 0 aliphatic carbocycles. The Morgan fingerprint density at radius 3 is 2.75 bits per heavy atom. The van der Waals surface area contributed by atoms with E-state index in [0.29, 0.717) is 19.5 Å². The number of aliphatic hydroxyl groups is 1. The van der Waals surface area contributed by atoms with E-state index >= 15 is 0 Å². The van der Waals surface area contributed by atoms with Gasteiger partial charge in [0.05, 0.1) is 11.3 Å². The Balaban J connectivity index is 2.03. The van der Waals surface area contributed by atoms with Crippen LogP contribution in [0.1, 0.15) is 16.8 Å². The van der Waals surface area contributed by atoms with E-state index in [2.05, 4.69) is 5.32 Å². The van der Waals surface area contributed by atoms with E-state index < -0.39 is 17.8 Å². The van der Waals surface area contributed by atoms with Crippen molar-refractivity contribution in [2.24, 2.45) is 5.92 Å². The number of nitrogens with zero attached hydrogens (tertiary/aromatic N) is 1.